The van der Waals surface area contributed by atoms with E-state index in [-0.39, 0.29) is 5.60 Å². The van der Waals surface area contributed by atoms with Gasteiger partial charge in [0.25, 0.3) is 0 Å². The highest BCUT2D eigenvalue weighted by Crippen LogP contribution is 2.33. The Morgan fingerprint density at radius 1 is 1.30 bits per heavy atom. The maximum Gasteiger partial charge on any atom is 0.227 e. The van der Waals surface area contributed by atoms with Gasteiger partial charge in [-0.15, -0.1) is 0 Å². The van der Waals surface area contributed by atoms with Crippen molar-refractivity contribution in [3.8, 4) is 0 Å². The molecule has 1 unspecified atom stereocenters. The van der Waals surface area contributed by atoms with Crippen molar-refractivity contribution in [1.29, 1.82) is 0 Å². The van der Waals surface area contributed by atoms with Crippen LogP contribution in [-0.4, -0.2) is 16.7 Å². The molecule has 1 atom stereocenters. The molecule has 5 heteroatoms. The van der Waals surface area contributed by atoms with Gasteiger partial charge in [-0.1, -0.05) is 23.4 Å². The molecule has 1 aliphatic rings. The van der Waals surface area contributed by atoms with Crippen LogP contribution in [-0.2, 0) is 23.2 Å². The Hall–Kier alpha value is -1.88. The lowest BCUT2D eigenvalue weighted by Crippen LogP contribution is -2.21. The molecule has 2 N–H and O–H groups in total. The Bertz CT molecular complexity index is 588. The summed E-state index contributed by atoms with van der Waals surface area (Å²) >= 11 is 0. The van der Waals surface area contributed by atoms with Crippen molar-refractivity contribution < 1.29 is 9.26 Å². The molecule has 0 spiro atoms. The summed E-state index contributed by atoms with van der Waals surface area (Å²) in [7, 11) is 0. The minimum atomic E-state index is -0.381. The summed E-state index contributed by atoms with van der Waals surface area (Å²) in [5.74, 6) is 1.30. The van der Waals surface area contributed by atoms with Gasteiger partial charge in [0.2, 0.25) is 11.7 Å². The summed E-state index contributed by atoms with van der Waals surface area (Å²) in [6.45, 7) is 2.78. The summed E-state index contributed by atoms with van der Waals surface area (Å²) in [6.07, 6.45) is 3.47. The Morgan fingerprint density at radius 2 is 2.15 bits per heavy atom. The first-order chi connectivity index (χ1) is 9.67. The molecule has 1 aromatic heterocycles. The first-order valence-electron chi connectivity index (χ1n) is 6.98. The molecule has 1 aromatic carbocycles. The number of aryl methyl sites for hydroxylation is 2. The van der Waals surface area contributed by atoms with E-state index in [0.717, 1.165) is 37.1 Å². The number of para-hydroxylation sites is 1. The van der Waals surface area contributed by atoms with Crippen molar-refractivity contribution in [2.45, 2.75) is 38.2 Å². The molecule has 1 saturated heterocycles. The monoisotopic (exact) mass is 273 g/mol. The second kappa shape index (κ2) is 5.25. The standard InChI is InChI=1S/C15H19N3O2/c1-15(9-4-10-19-15)14-17-13(20-18-14)8-7-11-5-2-3-6-12(11)16/h2-3,5-6H,4,7-10,16H2,1H3. The van der Waals surface area contributed by atoms with Crippen molar-refractivity contribution in [1.82, 2.24) is 10.1 Å². The number of rotatable bonds is 4. The third kappa shape index (κ3) is 2.54. The van der Waals surface area contributed by atoms with Crippen LogP contribution in [0.1, 0.15) is 37.0 Å². The molecule has 0 aliphatic carbocycles. The number of benzene rings is 1. The van der Waals surface area contributed by atoms with Crippen LogP contribution in [0.15, 0.2) is 28.8 Å². The lowest BCUT2D eigenvalue weighted by Gasteiger charge is -2.17. The zero-order valence-electron chi connectivity index (χ0n) is 11.6. The fourth-order valence-electron chi connectivity index (χ4n) is 2.53. The number of hydrogen-bond donors (Lipinski definition) is 1. The van der Waals surface area contributed by atoms with Gasteiger partial charge in [0, 0.05) is 18.7 Å². The molecule has 3 rings (SSSR count). The van der Waals surface area contributed by atoms with Crippen LogP contribution in [0.3, 0.4) is 0 Å². The Balaban J connectivity index is 1.67. The van der Waals surface area contributed by atoms with Crippen LogP contribution in [0.25, 0.3) is 0 Å². The Morgan fingerprint density at radius 3 is 2.90 bits per heavy atom. The van der Waals surface area contributed by atoms with Crippen LogP contribution in [0.2, 0.25) is 0 Å². The van der Waals surface area contributed by atoms with E-state index >= 15 is 0 Å². The molecular weight excluding hydrogens is 254 g/mol. The summed E-state index contributed by atoms with van der Waals surface area (Å²) in [5.41, 5.74) is 7.45. The van der Waals surface area contributed by atoms with E-state index in [0.29, 0.717) is 18.1 Å². The largest absolute Gasteiger partial charge is 0.399 e. The van der Waals surface area contributed by atoms with E-state index in [4.69, 9.17) is 15.0 Å². The number of hydrogen-bond acceptors (Lipinski definition) is 5. The second-order valence-electron chi connectivity index (χ2n) is 5.39. The SMILES string of the molecule is CC1(c2noc(CCc3ccccc3N)n2)CCCO1. The normalized spacial score (nSPS) is 22.2. The van der Waals surface area contributed by atoms with E-state index in [1.807, 2.05) is 31.2 Å². The second-order valence-corrected chi connectivity index (χ2v) is 5.39. The van der Waals surface area contributed by atoms with Crippen molar-refractivity contribution >= 4 is 5.69 Å². The third-order valence-corrected chi connectivity index (χ3v) is 3.82. The smallest absolute Gasteiger partial charge is 0.227 e. The van der Waals surface area contributed by atoms with Crippen LogP contribution < -0.4 is 5.73 Å². The Labute approximate surface area is 118 Å². The topological polar surface area (TPSA) is 74.2 Å². The number of nitrogen functional groups attached to an aromatic ring is 1. The summed E-state index contributed by atoms with van der Waals surface area (Å²) in [6, 6.07) is 7.84. The highest BCUT2D eigenvalue weighted by atomic mass is 16.5. The maximum atomic E-state index is 5.92. The minimum Gasteiger partial charge on any atom is -0.399 e. The first-order valence-corrected chi connectivity index (χ1v) is 6.98. The van der Waals surface area contributed by atoms with Gasteiger partial charge in [0.1, 0.15) is 5.60 Å². The maximum absolute atomic E-state index is 5.92. The molecule has 0 saturated carbocycles. The number of ether oxygens (including phenoxy) is 1. The van der Waals surface area contributed by atoms with E-state index in [2.05, 4.69) is 10.1 Å². The van der Waals surface area contributed by atoms with Gasteiger partial charge in [-0.25, -0.2) is 0 Å². The van der Waals surface area contributed by atoms with Gasteiger partial charge in [0.15, 0.2) is 0 Å². The molecular formula is C15H19N3O2. The fourth-order valence-corrected chi connectivity index (χ4v) is 2.53. The molecule has 0 bridgehead atoms. The predicted molar refractivity (Wildman–Crippen MR) is 75.1 cm³/mol. The molecule has 106 valence electrons. The van der Waals surface area contributed by atoms with Gasteiger partial charge < -0.3 is 15.0 Å². The van der Waals surface area contributed by atoms with Gasteiger partial charge in [-0.3, -0.25) is 0 Å². The highest BCUT2D eigenvalue weighted by molar-refractivity contribution is 5.46. The molecule has 0 radical (unpaired) electrons. The predicted octanol–water partition coefficient (Wildman–Crippen LogP) is 2.46. The van der Waals surface area contributed by atoms with E-state index < -0.39 is 0 Å². The summed E-state index contributed by atoms with van der Waals surface area (Å²) in [4.78, 5) is 4.47. The average molecular weight is 273 g/mol. The molecule has 2 aromatic rings. The fraction of sp³-hybridized carbons (Fsp3) is 0.467. The summed E-state index contributed by atoms with van der Waals surface area (Å²) in [5, 5.41) is 4.06. The lowest BCUT2D eigenvalue weighted by molar-refractivity contribution is 0.00768. The molecule has 2 heterocycles. The van der Waals surface area contributed by atoms with Gasteiger partial charge >= 0.3 is 0 Å². The third-order valence-electron chi connectivity index (χ3n) is 3.82. The first kappa shape index (κ1) is 13.1. The average Bonchev–Trinajstić information content (AvgIpc) is 3.08. The van der Waals surface area contributed by atoms with Crippen molar-refractivity contribution in [2.24, 2.45) is 0 Å². The van der Waals surface area contributed by atoms with Crippen LogP contribution in [0.5, 0.6) is 0 Å². The quantitative estimate of drug-likeness (QED) is 0.866. The number of aromatic nitrogens is 2. The highest BCUT2D eigenvalue weighted by Gasteiger charge is 2.36. The van der Waals surface area contributed by atoms with Gasteiger partial charge in [-0.2, -0.15) is 4.98 Å². The number of anilines is 1. The van der Waals surface area contributed by atoms with E-state index in [9.17, 15) is 0 Å². The lowest BCUT2D eigenvalue weighted by atomic mass is 10.0. The molecule has 5 nitrogen and oxygen atoms in total. The van der Waals surface area contributed by atoms with Crippen LogP contribution in [0.4, 0.5) is 5.69 Å². The van der Waals surface area contributed by atoms with E-state index in [1.165, 1.54) is 0 Å². The molecule has 1 fully saturated rings. The van der Waals surface area contributed by atoms with Crippen LogP contribution >= 0.6 is 0 Å². The van der Waals surface area contributed by atoms with Crippen LogP contribution in [0, 0.1) is 0 Å². The number of nitrogens with two attached hydrogens (primary N) is 1. The van der Waals surface area contributed by atoms with Gasteiger partial charge in [0.05, 0.1) is 0 Å². The van der Waals surface area contributed by atoms with Gasteiger partial charge in [-0.05, 0) is 37.8 Å². The Kier molecular flexibility index (Phi) is 3.44. The molecule has 0 amide bonds. The zero-order chi connectivity index (χ0) is 14.0. The van der Waals surface area contributed by atoms with Crippen molar-refractivity contribution in [3.05, 3.63) is 41.5 Å². The number of nitrogens with zero attached hydrogens (tertiary/aromatic N) is 2. The molecule has 20 heavy (non-hydrogen) atoms. The van der Waals surface area contributed by atoms with E-state index in [1.54, 1.807) is 0 Å². The van der Waals surface area contributed by atoms with Crippen molar-refractivity contribution in [2.75, 3.05) is 12.3 Å². The minimum absolute atomic E-state index is 0.381. The summed E-state index contributed by atoms with van der Waals surface area (Å²) < 4.78 is 11.0. The molecule has 1 aliphatic heterocycles. The zero-order valence-corrected chi connectivity index (χ0v) is 11.6. The van der Waals surface area contributed by atoms with Crippen molar-refractivity contribution in [3.63, 3.8) is 0 Å².